The minimum atomic E-state index is 0.581. The van der Waals surface area contributed by atoms with Crippen LogP contribution in [0.3, 0.4) is 0 Å². The molecule has 4 nitrogen and oxygen atoms in total. The topological polar surface area (TPSA) is 41.1 Å². The average Bonchev–Trinajstić information content (AvgIpc) is 2.63. The molecule has 0 fully saturated rings. The van der Waals surface area contributed by atoms with E-state index in [1.807, 2.05) is 30.3 Å². The summed E-state index contributed by atoms with van der Waals surface area (Å²) in [5.74, 6) is 1.49. The predicted octanol–water partition coefficient (Wildman–Crippen LogP) is 4.96. The van der Waals surface area contributed by atoms with E-state index in [4.69, 9.17) is 11.6 Å². The van der Waals surface area contributed by atoms with Gasteiger partial charge in [0.05, 0.1) is 0 Å². The molecular weight excluding hydrogens is 320 g/mol. The van der Waals surface area contributed by atoms with Gasteiger partial charge in [-0.15, -0.1) is 0 Å². The van der Waals surface area contributed by atoms with Crippen LogP contribution >= 0.6 is 11.6 Å². The molecule has 2 heterocycles. The number of halogens is 1. The highest BCUT2D eigenvalue weighted by Gasteiger charge is 2.19. The highest BCUT2D eigenvalue weighted by atomic mass is 35.5. The lowest BCUT2D eigenvalue weighted by molar-refractivity contribution is 0.759. The van der Waals surface area contributed by atoms with Gasteiger partial charge in [-0.1, -0.05) is 29.8 Å². The molecule has 0 saturated carbocycles. The molecule has 120 valence electrons. The number of para-hydroxylation sites is 1. The number of nitrogens with one attached hydrogen (secondary N) is 1. The molecule has 0 amide bonds. The van der Waals surface area contributed by atoms with Crippen molar-refractivity contribution in [2.24, 2.45) is 0 Å². The molecule has 5 heteroatoms. The van der Waals surface area contributed by atoms with Crippen molar-refractivity contribution in [2.45, 2.75) is 12.8 Å². The quantitative estimate of drug-likeness (QED) is 0.734. The van der Waals surface area contributed by atoms with E-state index in [1.165, 1.54) is 11.3 Å². The largest absolute Gasteiger partial charge is 0.326 e. The summed E-state index contributed by atoms with van der Waals surface area (Å²) in [6.45, 7) is 0.967. The number of anilines is 4. The summed E-state index contributed by atoms with van der Waals surface area (Å²) in [6.07, 6.45) is 4.03. The molecule has 0 radical (unpaired) electrons. The Bertz CT molecular complexity index is 848. The maximum absolute atomic E-state index is 5.92. The van der Waals surface area contributed by atoms with Crippen LogP contribution in [0.1, 0.15) is 12.0 Å². The summed E-state index contributed by atoms with van der Waals surface area (Å²) < 4.78 is 0. The van der Waals surface area contributed by atoms with Crippen molar-refractivity contribution < 1.29 is 0 Å². The average molecular weight is 337 g/mol. The Morgan fingerprint density at radius 1 is 1.00 bits per heavy atom. The number of hydrogen-bond donors (Lipinski definition) is 1. The van der Waals surface area contributed by atoms with Crippen LogP contribution in [0.15, 0.2) is 60.8 Å². The molecule has 0 unspecified atom stereocenters. The lowest BCUT2D eigenvalue weighted by atomic mass is 10.0. The minimum Gasteiger partial charge on any atom is -0.326 e. The summed E-state index contributed by atoms with van der Waals surface area (Å²) in [7, 11) is 0. The summed E-state index contributed by atoms with van der Waals surface area (Å²) in [5.41, 5.74) is 3.52. The highest BCUT2D eigenvalue weighted by Crippen LogP contribution is 2.32. The van der Waals surface area contributed by atoms with E-state index < -0.39 is 0 Å². The van der Waals surface area contributed by atoms with E-state index in [1.54, 1.807) is 6.20 Å². The fourth-order valence-corrected chi connectivity index (χ4v) is 3.12. The summed E-state index contributed by atoms with van der Waals surface area (Å²) >= 11 is 5.92. The maximum atomic E-state index is 5.92. The molecule has 1 aliphatic rings. The third kappa shape index (κ3) is 3.05. The van der Waals surface area contributed by atoms with Gasteiger partial charge in [0, 0.05) is 29.1 Å². The van der Waals surface area contributed by atoms with Gasteiger partial charge in [-0.05, 0) is 54.8 Å². The number of nitrogens with zero attached hydrogens (tertiary/aromatic N) is 3. The molecule has 0 atom stereocenters. The second kappa shape index (κ2) is 6.49. The zero-order valence-electron chi connectivity index (χ0n) is 13.1. The number of aromatic nitrogens is 2. The molecule has 1 aliphatic heterocycles. The fourth-order valence-electron chi connectivity index (χ4n) is 2.99. The molecule has 0 aliphatic carbocycles. The molecule has 4 rings (SSSR count). The van der Waals surface area contributed by atoms with E-state index in [0.29, 0.717) is 11.0 Å². The van der Waals surface area contributed by atoms with Gasteiger partial charge in [0.25, 0.3) is 0 Å². The zero-order chi connectivity index (χ0) is 16.4. The highest BCUT2D eigenvalue weighted by molar-refractivity contribution is 6.30. The van der Waals surface area contributed by atoms with Crippen LogP contribution < -0.4 is 10.2 Å². The van der Waals surface area contributed by atoms with E-state index in [-0.39, 0.29) is 0 Å². The van der Waals surface area contributed by atoms with Crippen LogP contribution in [0.2, 0.25) is 5.02 Å². The van der Waals surface area contributed by atoms with Crippen molar-refractivity contribution in [1.82, 2.24) is 9.97 Å². The molecule has 1 aromatic heterocycles. The molecular formula is C19H17ClN4. The second-order valence-corrected chi connectivity index (χ2v) is 6.19. The predicted molar refractivity (Wildman–Crippen MR) is 98.5 cm³/mol. The lowest BCUT2D eigenvalue weighted by Gasteiger charge is -2.30. The Morgan fingerprint density at radius 3 is 2.71 bits per heavy atom. The van der Waals surface area contributed by atoms with Crippen LogP contribution in [-0.4, -0.2) is 16.5 Å². The number of hydrogen-bond acceptors (Lipinski definition) is 4. The van der Waals surface area contributed by atoms with Gasteiger partial charge in [-0.3, -0.25) is 0 Å². The van der Waals surface area contributed by atoms with Crippen LogP contribution in [0, 0.1) is 0 Å². The Balaban J connectivity index is 1.62. The molecule has 0 spiro atoms. The Kier molecular flexibility index (Phi) is 4.05. The smallest absolute Gasteiger partial charge is 0.229 e. The molecule has 2 aromatic carbocycles. The summed E-state index contributed by atoms with van der Waals surface area (Å²) in [6, 6.07) is 18.0. The van der Waals surface area contributed by atoms with Crippen molar-refractivity contribution in [1.29, 1.82) is 0 Å². The molecule has 3 aromatic rings. The van der Waals surface area contributed by atoms with Gasteiger partial charge in [0.2, 0.25) is 5.95 Å². The Labute approximate surface area is 146 Å². The van der Waals surface area contributed by atoms with Gasteiger partial charge in [-0.25, -0.2) is 4.98 Å². The van der Waals surface area contributed by atoms with Crippen molar-refractivity contribution in [3.8, 4) is 0 Å². The SMILES string of the molecule is Clc1ccc(Nc2nccc(N3CCCc4ccccc43)n2)cc1. The number of aryl methyl sites for hydroxylation is 1. The standard InChI is InChI=1S/C19H17ClN4/c20-15-7-9-16(10-8-15)22-19-21-12-11-18(23-19)24-13-3-5-14-4-1-2-6-17(14)24/h1-2,4,6-12H,3,5,13H2,(H,21,22,23). The normalized spacial score (nSPS) is 13.5. The summed E-state index contributed by atoms with van der Waals surface area (Å²) in [4.78, 5) is 11.3. The van der Waals surface area contributed by atoms with Crippen LogP contribution in [0.25, 0.3) is 0 Å². The number of rotatable bonds is 3. The van der Waals surface area contributed by atoms with Crippen molar-refractivity contribution >= 4 is 34.7 Å². The van der Waals surface area contributed by atoms with Gasteiger partial charge in [0.15, 0.2) is 0 Å². The third-order valence-corrected chi connectivity index (χ3v) is 4.38. The van der Waals surface area contributed by atoms with Gasteiger partial charge in [-0.2, -0.15) is 4.98 Å². The van der Waals surface area contributed by atoms with Crippen molar-refractivity contribution in [3.63, 3.8) is 0 Å². The number of benzene rings is 2. The first-order chi connectivity index (χ1) is 11.8. The van der Waals surface area contributed by atoms with Gasteiger partial charge in [0.1, 0.15) is 5.82 Å². The maximum Gasteiger partial charge on any atom is 0.229 e. The fraction of sp³-hybridized carbons (Fsp3) is 0.158. The number of fused-ring (bicyclic) bond motifs is 1. The van der Waals surface area contributed by atoms with Crippen LogP contribution in [0.4, 0.5) is 23.1 Å². The second-order valence-electron chi connectivity index (χ2n) is 5.75. The molecule has 24 heavy (non-hydrogen) atoms. The molecule has 1 N–H and O–H groups in total. The third-order valence-electron chi connectivity index (χ3n) is 4.13. The van der Waals surface area contributed by atoms with Crippen molar-refractivity contribution in [3.05, 3.63) is 71.4 Å². The molecule has 0 saturated heterocycles. The van der Waals surface area contributed by atoms with E-state index in [0.717, 1.165) is 30.9 Å². The monoisotopic (exact) mass is 336 g/mol. The van der Waals surface area contributed by atoms with Crippen LogP contribution in [-0.2, 0) is 6.42 Å². The van der Waals surface area contributed by atoms with Crippen LogP contribution in [0.5, 0.6) is 0 Å². The van der Waals surface area contributed by atoms with Gasteiger partial charge < -0.3 is 10.2 Å². The van der Waals surface area contributed by atoms with E-state index in [9.17, 15) is 0 Å². The van der Waals surface area contributed by atoms with E-state index in [2.05, 4.69) is 44.5 Å². The minimum absolute atomic E-state index is 0.581. The van der Waals surface area contributed by atoms with Crippen molar-refractivity contribution in [2.75, 3.05) is 16.8 Å². The lowest BCUT2D eigenvalue weighted by Crippen LogP contribution is -2.25. The zero-order valence-corrected chi connectivity index (χ0v) is 13.9. The Morgan fingerprint density at radius 2 is 1.83 bits per heavy atom. The Hall–Kier alpha value is -2.59. The summed E-state index contributed by atoms with van der Waals surface area (Å²) in [5, 5.41) is 3.94. The van der Waals surface area contributed by atoms with Gasteiger partial charge >= 0.3 is 0 Å². The first-order valence-corrected chi connectivity index (χ1v) is 8.38. The molecule has 0 bridgehead atoms. The van der Waals surface area contributed by atoms with E-state index >= 15 is 0 Å². The first kappa shape index (κ1) is 15.0. The first-order valence-electron chi connectivity index (χ1n) is 8.01.